The normalized spacial score (nSPS) is 10.7. The Balaban J connectivity index is 2.24. The van der Waals surface area contributed by atoms with Gasteiger partial charge in [-0.3, -0.25) is 0 Å². The highest BCUT2D eigenvalue weighted by molar-refractivity contribution is 9.10. The zero-order valence-corrected chi connectivity index (χ0v) is 13.1. The molecule has 2 aromatic rings. The Morgan fingerprint density at radius 2 is 2.26 bits per heavy atom. The van der Waals surface area contributed by atoms with Crippen molar-refractivity contribution in [1.82, 2.24) is 9.55 Å². The number of hydrogen-bond donors (Lipinski definition) is 1. The highest BCUT2D eigenvalue weighted by Gasteiger charge is 2.08. The number of rotatable bonds is 5. The van der Waals surface area contributed by atoms with Crippen molar-refractivity contribution in [3.8, 4) is 0 Å². The van der Waals surface area contributed by atoms with E-state index < -0.39 is 0 Å². The summed E-state index contributed by atoms with van der Waals surface area (Å²) >= 11 is 9.49. The van der Waals surface area contributed by atoms with E-state index in [4.69, 9.17) is 16.3 Å². The number of ether oxygens (including phenoxy) is 1. The average Bonchev–Trinajstić information content (AvgIpc) is 2.71. The summed E-state index contributed by atoms with van der Waals surface area (Å²) in [5, 5.41) is 3.95. The topological polar surface area (TPSA) is 39.1 Å². The molecule has 0 aliphatic heterocycles. The first-order chi connectivity index (χ1) is 9.10. The van der Waals surface area contributed by atoms with Gasteiger partial charge in [0.25, 0.3) is 0 Å². The summed E-state index contributed by atoms with van der Waals surface area (Å²) in [6, 6.07) is 5.59. The van der Waals surface area contributed by atoms with Crippen molar-refractivity contribution >= 4 is 39.2 Å². The van der Waals surface area contributed by atoms with E-state index in [1.807, 2.05) is 35.9 Å². The monoisotopic (exact) mass is 343 g/mol. The molecule has 0 amide bonds. The number of benzene rings is 1. The van der Waals surface area contributed by atoms with E-state index in [0.29, 0.717) is 11.6 Å². The summed E-state index contributed by atoms with van der Waals surface area (Å²) in [5.74, 6) is 0.775. The largest absolute Gasteiger partial charge is 0.383 e. The van der Waals surface area contributed by atoms with Crippen LogP contribution in [0.4, 0.5) is 11.6 Å². The summed E-state index contributed by atoms with van der Waals surface area (Å²) in [7, 11) is 1.68. The molecule has 0 aliphatic rings. The summed E-state index contributed by atoms with van der Waals surface area (Å²) in [4.78, 5) is 4.46. The number of nitrogens with zero attached hydrogens (tertiary/aromatic N) is 2. The summed E-state index contributed by atoms with van der Waals surface area (Å²) in [6.45, 7) is 3.35. The quantitative estimate of drug-likeness (QED) is 0.891. The highest BCUT2D eigenvalue weighted by atomic mass is 79.9. The van der Waals surface area contributed by atoms with Gasteiger partial charge in [0.1, 0.15) is 0 Å². The Morgan fingerprint density at radius 3 is 3.00 bits per heavy atom. The SMILES string of the molecule is COCCn1cc(C)nc1Nc1cc(Cl)ccc1Br. The molecule has 2 rings (SSSR count). The average molecular weight is 345 g/mol. The fourth-order valence-corrected chi connectivity index (χ4v) is 2.24. The Hall–Kier alpha value is -1.04. The number of imidazole rings is 1. The van der Waals surface area contributed by atoms with Crippen LogP contribution in [0, 0.1) is 6.92 Å². The smallest absolute Gasteiger partial charge is 0.207 e. The highest BCUT2D eigenvalue weighted by Crippen LogP contribution is 2.28. The van der Waals surface area contributed by atoms with Crippen molar-refractivity contribution in [2.24, 2.45) is 0 Å². The molecule has 1 aromatic heterocycles. The van der Waals surface area contributed by atoms with Gasteiger partial charge in [-0.25, -0.2) is 4.98 Å². The Bertz CT molecular complexity index is 571. The fraction of sp³-hybridized carbons (Fsp3) is 0.308. The van der Waals surface area contributed by atoms with Crippen LogP contribution in [0.2, 0.25) is 5.02 Å². The van der Waals surface area contributed by atoms with Crippen LogP contribution in [0.5, 0.6) is 0 Å². The van der Waals surface area contributed by atoms with E-state index in [1.165, 1.54) is 0 Å². The van der Waals surface area contributed by atoms with Crippen LogP contribution in [0.1, 0.15) is 5.69 Å². The molecule has 0 bridgehead atoms. The van der Waals surface area contributed by atoms with E-state index in [0.717, 1.165) is 28.3 Å². The molecule has 0 fully saturated rings. The van der Waals surface area contributed by atoms with E-state index in [1.54, 1.807) is 7.11 Å². The van der Waals surface area contributed by atoms with Crippen LogP contribution < -0.4 is 5.32 Å². The number of halogens is 2. The second-order valence-corrected chi connectivity index (χ2v) is 5.43. The van der Waals surface area contributed by atoms with Gasteiger partial charge in [-0.15, -0.1) is 0 Å². The van der Waals surface area contributed by atoms with Crippen LogP contribution in [0.25, 0.3) is 0 Å². The Kier molecular flexibility index (Phi) is 4.85. The molecule has 4 nitrogen and oxygen atoms in total. The summed E-state index contributed by atoms with van der Waals surface area (Å²) in [6.07, 6.45) is 1.99. The second-order valence-electron chi connectivity index (χ2n) is 4.14. The van der Waals surface area contributed by atoms with Crippen LogP contribution in [0.3, 0.4) is 0 Å². The van der Waals surface area contributed by atoms with E-state index in [2.05, 4.69) is 26.2 Å². The van der Waals surface area contributed by atoms with Gasteiger partial charge in [-0.05, 0) is 41.1 Å². The number of aryl methyl sites for hydroxylation is 1. The van der Waals surface area contributed by atoms with E-state index in [9.17, 15) is 0 Å². The van der Waals surface area contributed by atoms with Crippen LogP contribution in [0.15, 0.2) is 28.9 Å². The molecule has 0 saturated heterocycles. The number of anilines is 2. The first kappa shape index (κ1) is 14.4. The van der Waals surface area contributed by atoms with Gasteiger partial charge in [0, 0.05) is 29.3 Å². The molecule has 1 aromatic carbocycles. The van der Waals surface area contributed by atoms with Gasteiger partial charge >= 0.3 is 0 Å². The molecule has 0 radical (unpaired) electrons. The van der Waals surface area contributed by atoms with Crippen LogP contribution >= 0.6 is 27.5 Å². The Morgan fingerprint density at radius 1 is 1.47 bits per heavy atom. The lowest BCUT2D eigenvalue weighted by molar-refractivity contribution is 0.188. The van der Waals surface area contributed by atoms with E-state index in [-0.39, 0.29) is 0 Å². The van der Waals surface area contributed by atoms with Gasteiger partial charge in [0.05, 0.1) is 18.0 Å². The minimum atomic E-state index is 0.640. The molecule has 0 aliphatic carbocycles. The van der Waals surface area contributed by atoms with Crippen molar-refractivity contribution in [2.75, 3.05) is 19.0 Å². The maximum absolute atomic E-state index is 6.00. The minimum Gasteiger partial charge on any atom is -0.383 e. The third-order valence-electron chi connectivity index (χ3n) is 2.61. The molecule has 0 spiro atoms. The third kappa shape index (κ3) is 3.72. The number of hydrogen-bond acceptors (Lipinski definition) is 3. The third-order valence-corrected chi connectivity index (χ3v) is 3.53. The van der Waals surface area contributed by atoms with Crippen LogP contribution in [-0.4, -0.2) is 23.3 Å². The maximum Gasteiger partial charge on any atom is 0.207 e. The fourth-order valence-electron chi connectivity index (χ4n) is 1.72. The van der Waals surface area contributed by atoms with Crippen LogP contribution in [-0.2, 0) is 11.3 Å². The standard InChI is InChI=1S/C13H15BrClN3O/c1-9-8-18(5-6-19-2)13(16-9)17-12-7-10(15)3-4-11(12)14/h3-4,7-8H,5-6H2,1-2H3,(H,16,17). The number of aromatic nitrogens is 2. The molecule has 6 heteroatoms. The van der Waals surface area contributed by atoms with Crippen molar-refractivity contribution in [1.29, 1.82) is 0 Å². The zero-order chi connectivity index (χ0) is 13.8. The lowest BCUT2D eigenvalue weighted by atomic mass is 10.3. The Labute approximate surface area is 125 Å². The molecule has 0 unspecified atom stereocenters. The first-order valence-corrected chi connectivity index (χ1v) is 7.02. The van der Waals surface area contributed by atoms with Crippen molar-refractivity contribution in [3.05, 3.63) is 39.6 Å². The van der Waals surface area contributed by atoms with Gasteiger partial charge in [-0.2, -0.15) is 0 Å². The lowest BCUT2D eigenvalue weighted by Crippen LogP contribution is -2.07. The molecular weight excluding hydrogens is 330 g/mol. The molecule has 1 N–H and O–H groups in total. The molecule has 0 atom stereocenters. The second kappa shape index (κ2) is 6.41. The van der Waals surface area contributed by atoms with E-state index >= 15 is 0 Å². The predicted molar refractivity (Wildman–Crippen MR) is 81.3 cm³/mol. The van der Waals surface area contributed by atoms with Gasteiger partial charge in [0.15, 0.2) is 0 Å². The summed E-state index contributed by atoms with van der Waals surface area (Å²) in [5.41, 5.74) is 1.84. The van der Waals surface area contributed by atoms with Crippen molar-refractivity contribution in [2.45, 2.75) is 13.5 Å². The molecule has 0 saturated carbocycles. The van der Waals surface area contributed by atoms with Gasteiger partial charge < -0.3 is 14.6 Å². The number of methoxy groups -OCH3 is 1. The van der Waals surface area contributed by atoms with Crippen molar-refractivity contribution < 1.29 is 4.74 Å². The molecule has 1 heterocycles. The van der Waals surface area contributed by atoms with Gasteiger partial charge in [-0.1, -0.05) is 11.6 Å². The zero-order valence-electron chi connectivity index (χ0n) is 10.8. The molecule has 19 heavy (non-hydrogen) atoms. The summed E-state index contributed by atoms with van der Waals surface area (Å²) < 4.78 is 8.06. The minimum absolute atomic E-state index is 0.640. The number of nitrogens with one attached hydrogen (secondary N) is 1. The lowest BCUT2D eigenvalue weighted by Gasteiger charge is -2.11. The first-order valence-electron chi connectivity index (χ1n) is 5.85. The predicted octanol–water partition coefficient (Wildman–Crippen LogP) is 4.00. The van der Waals surface area contributed by atoms with Gasteiger partial charge in [0.2, 0.25) is 5.95 Å². The van der Waals surface area contributed by atoms with Crippen molar-refractivity contribution in [3.63, 3.8) is 0 Å². The maximum atomic E-state index is 6.00. The molecular formula is C13H15BrClN3O. The molecule has 102 valence electrons.